The number of nitro groups is 1. The number of fused-ring (bicyclic) bond motifs is 1. The van der Waals surface area contributed by atoms with E-state index < -0.39 is 58.9 Å². The smallest absolute Gasteiger partial charge is 0.436 e. The molecule has 0 unspecified atom stereocenters. The Labute approximate surface area is 406 Å². The zero-order valence-corrected chi connectivity index (χ0v) is 38.1. The molecule has 0 radical (unpaired) electrons. The molecule has 7 aromatic rings. The third-order valence-corrected chi connectivity index (χ3v) is 8.92. The van der Waals surface area contributed by atoms with Gasteiger partial charge in [-0.1, -0.05) is 54.6 Å². The number of oxazole rings is 1. The molecule has 0 aliphatic heterocycles. The van der Waals surface area contributed by atoms with E-state index in [9.17, 15) is 63.5 Å². The predicted octanol–water partition coefficient (Wildman–Crippen LogP) is 12.5. The molecule has 0 spiro atoms. The van der Waals surface area contributed by atoms with Gasteiger partial charge in [-0.15, -0.1) is 39.5 Å². The van der Waals surface area contributed by atoms with Crippen LogP contribution in [0.2, 0.25) is 0 Å². The quantitative estimate of drug-likeness (QED) is 0.0558. The van der Waals surface area contributed by atoms with Crippen LogP contribution in [0.25, 0.3) is 22.6 Å². The molecule has 0 bridgehead atoms. The first kappa shape index (κ1) is 56.7. The van der Waals surface area contributed by atoms with Crippen LogP contribution in [0.4, 0.5) is 50.9 Å². The average Bonchev–Trinajstić information content (AvgIpc) is 3.76. The van der Waals surface area contributed by atoms with E-state index in [1.165, 1.54) is 99.6 Å². The average molecular weight is 1030 g/mol. The number of hydroxylamine groups is 1. The lowest BCUT2D eigenvalue weighted by Crippen LogP contribution is -2.36. The van der Waals surface area contributed by atoms with E-state index in [-0.39, 0.29) is 61.5 Å². The first-order chi connectivity index (χ1) is 34.1. The van der Waals surface area contributed by atoms with Crippen molar-refractivity contribution in [2.75, 3.05) is 17.4 Å². The number of hydrogen-bond acceptors (Lipinski definition) is 12. The van der Waals surface area contributed by atoms with Crippen molar-refractivity contribution in [3.05, 3.63) is 184 Å². The maximum absolute atomic E-state index is 12.6. The fourth-order valence-electron chi connectivity index (χ4n) is 5.79. The maximum atomic E-state index is 12.6. The minimum Gasteiger partial charge on any atom is -0.436 e. The number of nitrogens with zero attached hydrogens (tertiary/aromatic N) is 3. The van der Waals surface area contributed by atoms with E-state index >= 15 is 0 Å². The highest BCUT2D eigenvalue weighted by atomic mass is 19.4. The lowest BCUT2D eigenvalue weighted by Gasteiger charge is -2.23. The summed E-state index contributed by atoms with van der Waals surface area (Å²) >= 11 is 0. The molecule has 1 N–H and O–H groups in total. The van der Waals surface area contributed by atoms with Crippen LogP contribution in [0, 0.1) is 10.1 Å². The Balaban J connectivity index is 0.000000229. The Kier molecular flexibility index (Phi) is 19.2. The Morgan fingerprint density at radius 2 is 1.03 bits per heavy atom. The van der Waals surface area contributed by atoms with Gasteiger partial charge < -0.3 is 19.2 Å². The highest BCUT2D eigenvalue weighted by Gasteiger charge is 2.37. The van der Waals surface area contributed by atoms with Gasteiger partial charge in [-0.2, -0.15) is 9.90 Å². The second-order valence-corrected chi connectivity index (χ2v) is 14.5. The lowest BCUT2D eigenvalue weighted by atomic mass is 10.1. The number of ether oxygens (including phenoxy) is 2. The topological polar surface area (TPSA) is 197 Å². The van der Waals surface area contributed by atoms with E-state index in [4.69, 9.17) is 14.5 Å². The predicted molar refractivity (Wildman–Crippen MR) is 243 cm³/mol. The summed E-state index contributed by atoms with van der Waals surface area (Å²) in [4.78, 5) is 74.5. The number of Topliss-reactive ketones (excluding diaryl/α,β-unsaturated/α-hetero) is 3. The van der Waals surface area contributed by atoms with Gasteiger partial charge in [0.1, 0.15) is 0 Å². The van der Waals surface area contributed by atoms with E-state index in [1.807, 2.05) is 0 Å². The van der Waals surface area contributed by atoms with E-state index in [0.717, 1.165) is 19.2 Å². The van der Waals surface area contributed by atoms with Crippen LogP contribution in [-0.2, 0) is 4.84 Å². The molecule has 0 aliphatic carbocycles. The molecule has 15 nitrogen and oxygen atoms in total. The van der Waals surface area contributed by atoms with Crippen molar-refractivity contribution in [3.63, 3.8) is 0 Å². The van der Waals surface area contributed by atoms with Crippen LogP contribution in [0.15, 0.2) is 150 Å². The molecule has 24 heteroatoms. The zero-order valence-electron chi connectivity index (χ0n) is 38.1. The summed E-state index contributed by atoms with van der Waals surface area (Å²) in [5.41, 5.74) is 0.964. The Bertz CT molecular complexity index is 3040. The number of rotatable bonds is 11. The monoisotopic (exact) mass is 1030 g/mol. The summed E-state index contributed by atoms with van der Waals surface area (Å²) in [5.74, 6) is -3.69. The first-order valence-corrected chi connectivity index (χ1v) is 20.5. The second-order valence-electron chi connectivity index (χ2n) is 14.5. The summed E-state index contributed by atoms with van der Waals surface area (Å²) in [6.45, 7) is 3.79. The highest BCUT2D eigenvalue weighted by Crippen LogP contribution is 2.35. The molecule has 0 saturated heterocycles. The van der Waals surface area contributed by atoms with E-state index in [2.05, 4.69) is 24.6 Å². The van der Waals surface area contributed by atoms with Crippen molar-refractivity contribution in [2.24, 2.45) is 0 Å². The molecule has 2 amide bonds. The van der Waals surface area contributed by atoms with Crippen molar-refractivity contribution in [2.45, 2.75) is 39.9 Å². The van der Waals surface area contributed by atoms with Crippen molar-refractivity contribution < 1.29 is 87.1 Å². The Morgan fingerprint density at radius 3 is 1.51 bits per heavy atom. The molecular formula is C49H37F9N4O11. The minimum absolute atomic E-state index is 0.0346. The number of anilines is 2. The standard InChI is InChI=1S/C16H10F3NO3.2C16H12F3NO3.CH3NO2/c1-9(21)11-7-12-14(13(8-11)23-16(17,18)19)20-15(22-12)10-5-3-2-4-6-10;1-11(21)12-7-9-14(10-8-12)20(23-16(17,18)19)15(22)13-5-3-2-4-6-13;1-10(21)12-7-8-13(14(9-12)23-16(17,18)19)20-15(22)11-5-3-2-4-6-11;1-2(3)4/h2-8H,1H3;2-10H,1H3;2-9H,1H3,(H,20,22);1H3. The van der Waals surface area contributed by atoms with Crippen LogP contribution in [0.3, 0.4) is 0 Å². The van der Waals surface area contributed by atoms with Crippen molar-refractivity contribution in [3.8, 4) is 23.0 Å². The van der Waals surface area contributed by atoms with Gasteiger partial charge in [-0.25, -0.2) is 4.98 Å². The zero-order chi connectivity index (χ0) is 54.3. The van der Waals surface area contributed by atoms with Gasteiger partial charge in [0.2, 0.25) is 5.89 Å². The normalized spacial score (nSPS) is 11.0. The largest absolute Gasteiger partial charge is 0.573 e. The number of nitrogens with one attached hydrogen (secondary N) is 1. The van der Waals surface area contributed by atoms with Crippen LogP contribution in [0.5, 0.6) is 11.5 Å². The summed E-state index contributed by atoms with van der Waals surface area (Å²) in [7, 11) is 0.889. The van der Waals surface area contributed by atoms with E-state index in [0.29, 0.717) is 11.1 Å². The molecule has 1 aromatic heterocycles. The summed E-state index contributed by atoms with van der Waals surface area (Å²) in [5, 5.41) is 11.3. The number of carbonyl (C=O) groups is 5. The minimum atomic E-state index is -5.04. The molecular weight excluding hydrogens is 992 g/mol. The first-order valence-electron chi connectivity index (χ1n) is 20.5. The number of aromatic nitrogens is 1. The highest BCUT2D eigenvalue weighted by molar-refractivity contribution is 6.06. The molecule has 1 heterocycles. The second kappa shape index (κ2) is 24.8. The van der Waals surface area contributed by atoms with Gasteiger partial charge in [0.25, 0.3) is 11.8 Å². The number of amides is 2. The lowest BCUT2D eigenvalue weighted by molar-refractivity contribution is -0.445. The van der Waals surface area contributed by atoms with Crippen molar-refractivity contribution in [1.29, 1.82) is 0 Å². The molecule has 7 rings (SSSR count). The fourth-order valence-corrected chi connectivity index (χ4v) is 5.79. The van der Waals surface area contributed by atoms with Crippen LogP contribution >= 0.6 is 0 Å². The van der Waals surface area contributed by atoms with Gasteiger partial charge in [0.15, 0.2) is 47.0 Å². The number of benzene rings is 6. The molecule has 0 saturated carbocycles. The molecule has 382 valence electrons. The van der Waals surface area contributed by atoms with Crippen molar-refractivity contribution >= 4 is 51.6 Å². The number of ketones is 3. The molecule has 73 heavy (non-hydrogen) atoms. The molecule has 0 fully saturated rings. The van der Waals surface area contributed by atoms with Crippen LogP contribution in [-0.4, -0.2) is 65.2 Å². The fraction of sp³-hybridized carbons (Fsp3) is 0.143. The Morgan fingerprint density at radius 1 is 0.575 bits per heavy atom. The number of alkyl halides is 9. The number of hydrogen-bond donors (Lipinski definition) is 1. The van der Waals surface area contributed by atoms with Crippen LogP contribution in [0.1, 0.15) is 72.6 Å². The summed E-state index contributed by atoms with van der Waals surface area (Å²) in [6, 6.07) is 35.0. The van der Waals surface area contributed by atoms with Gasteiger partial charge >= 0.3 is 19.1 Å². The maximum Gasteiger partial charge on any atom is 0.573 e. The van der Waals surface area contributed by atoms with Crippen LogP contribution < -0.4 is 19.9 Å². The molecule has 0 aliphatic rings. The number of halogens is 9. The summed E-state index contributed by atoms with van der Waals surface area (Å²) in [6.07, 6.45) is -14.9. The third kappa shape index (κ3) is 18.4. The third-order valence-electron chi connectivity index (χ3n) is 8.92. The number of carbonyl (C=O) groups excluding carboxylic acids is 5. The SMILES string of the molecule is CC(=O)c1cc(OC(F)(F)F)c2nc(-c3ccccc3)oc2c1.CC(=O)c1ccc(N(OC(F)(F)F)C(=O)c2ccccc2)cc1.CC(=O)c1ccc(NC(=O)c2ccccc2)c(OC(F)(F)F)c1.C[N+](=O)[O-]. The van der Waals surface area contributed by atoms with Gasteiger partial charge in [0.05, 0.1) is 11.4 Å². The van der Waals surface area contributed by atoms with Gasteiger partial charge in [-0.05, 0) is 112 Å². The van der Waals surface area contributed by atoms with E-state index in [1.54, 1.807) is 54.6 Å². The molecule has 6 aromatic carbocycles. The molecule has 0 atom stereocenters. The van der Waals surface area contributed by atoms with Gasteiger partial charge in [-0.3, -0.25) is 34.1 Å². The van der Waals surface area contributed by atoms with Gasteiger partial charge in [0, 0.05) is 38.3 Å². The van der Waals surface area contributed by atoms with Crippen molar-refractivity contribution in [1.82, 2.24) is 4.98 Å². The Hall–Kier alpha value is -8.93. The summed E-state index contributed by atoms with van der Waals surface area (Å²) < 4.78 is 126.